The van der Waals surface area contributed by atoms with Crippen LogP contribution >= 0.6 is 0 Å². The maximum atomic E-state index is 12.1. The minimum atomic E-state index is -3.89. The van der Waals surface area contributed by atoms with E-state index in [1.807, 2.05) is 42.5 Å². The third-order valence-corrected chi connectivity index (χ3v) is 4.75. The van der Waals surface area contributed by atoms with E-state index in [1.54, 1.807) is 6.08 Å². The molecule has 0 amide bonds. The van der Waals surface area contributed by atoms with Crippen molar-refractivity contribution in [2.75, 3.05) is 0 Å². The average Bonchev–Trinajstić information content (AvgIpc) is 2.49. The van der Waals surface area contributed by atoms with Crippen LogP contribution in [0.15, 0.2) is 60.5 Å². The number of primary sulfonamides is 1. The highest BCUT2D eigenvalue weighted by molar-refractivity contribution is 7.89. The highest BCUT2D eigenvalue weighted by Gasteiger charge is 2.19. The molecular weight excluding hydrogens is 294 g/mol. The monoisotopic (exact) mass is 309 g/mol. The fraction of sp³-hybridized carbons (Fsp3) is 0. The minimum Gasteiger partial charge on any atom is -0.225 e. The van der Waals surface area contributed by atoms with Crippen molar-refractivity contribution < 1.29 is 8.42 Å². The van der Waals surface area contributed by atoms with Crippen molar-refractivity contribution >= 4 is 43.7 Å². The molecule has 3 aromatic carbocycles. The van der Waals surface area contributed by atoms with Gasteiger partial charge in [0, 0.05) is 10.9 Å². The summed E-state index contributed by atoms with van der Waals surface area (Å²) in [5.74, 6) is 0. The van der Waals surface area contributed by atoms with Gasteiger partial charge in [-0.2, -0.15) is 0 Å². The number of rotatable bonds is 3. The lowest BCUT2D eigenvalue weighted by molar-refractivity contribution is 0.598. The van der Waals surface area contributed by atoms with Crippen LogP contribution in [0.4, 0.5) is 0 Å². The molecule has 0 spiro atoms. The topological polar surface area (TPSA) is 60.2 Å². The van der Waals surface area contributed by atoms with Crippen molar-refractivity contribution in [2.24, 2.45) is 5.14 Å². The highest BCUT2D eigenvalue weighted by Crippen LogP contribution is 2.33. The normalized spacial score (nSPS) is 11.7. The van der Waals surface area contributed by atoms with E-state index in [-0.39, 0.29) is 4.90 Å². The summed E-state index contributed by atoms with van der Waals surface area (Å²) in [6.45, 7) is 7.46. The van der Waals surface area contributed by atoms with Crippen molar-refractivity contribution in [1.82, 2.24) is 0 Å². The molecule has 0 fully saturated rings. The summed E-state index contributed by atoms with van der Waals surface area (Å²) in [6.07, 6.45) is 3.12. The zero-order chi connectivity index (χ0) is 15.9. The van der Waals surface area contributed by atoms with E-state index in [9.17, 15) is 8.42 Å². The van der Waals surface area contributed by atoms with Crippen LogP contribution in [0.2, 0.25) is 0 Å². The number of benzene rings is 3. The molecule has 3 rings (SSSR count). The van der Waals surface area contributed by atoms with Gasteiger partial charge in [-0.1, -0.05) is 49.6 Å². The van der Waals surface area contributed by atoms with Crippen molar-refractivity contribution in [3.63, 3.8) is 0 Å². The average molecular weight is 309 g/mol. The minimum absolute atomic E-state index is 0.0978. The van der Waals surface area contributed by atoms with Crippen LogP contribution in [0.1, 0.15) is 11.1 Å². The van der Waals surface area contributed by atoms with Crippen molar-refractivity contribution in [3.8, 4) is 0 Å². The Morgan fingerprint density at radius 2 is 1.55 bits per heavy atom. The predicted octanol–water partition coefficient (Wildman–Crippen LogP) is 3.93. The summed E-state index contributed by atoms with van der Waals surface area (Å²) >= 11 is 0. The molecule has 22 heavy (non-hydrogen) atoms. The number of sulfonamides is 1. The van der Waals surface area contributed by atoms with Gasteiger partial charge in [0.25, 0.3) is 0 Å². The van der Waals surface area contributed by atoms with E-state index >= 15 is 0 Å². The molecule has 3 nitrogen and oxygen atoms in total. The predicted molar refractivity (Wildman–Crippen MR) is 93.0 cm³/mol. The summed E-state index contributed by atoms with van der Waals surface area (Å²) in [5.41, 5.74) is 1.18. The lowest BCUT2D eigenvalue weighted by Crippen LogP contribution is -2.15. The number of nitrogens with two attached hydrogens (primary N) is 1. The first-order valence-electron chi connectivity index (χ1n) is 6.73. The van der Waals surface area contributed by atoms with E-state index in [0.29, 0.717) is 16.5 Å². The summed E-state index contributed by atoms with van der Waals surface area (Å²) < 4.78 is 24.3. The Bertz CT molecular complexity index is 1030. The molecule has 2 N–H and O–H groups in total. The molecule has 0 saturated carbocycles. The third-order valence-electron chi connectivity index (χ3n) is 3.74. The van der Waals surface area contributed by atoms with Crippen LogP contribution in [0, 0.1) is 0 Å². The molecule has 4 heteroatoms. The van der Waals surface area contributed by atoms with Gasteiger partial charge >= 0.3 is 0 Å². The second-order valence-corrected chi connectivity index (χ2v) is 6.58. The van der Waals surface area contributed by atoms with Crippen molar-refractivity contribution in [2.45, 2.75) is 4.90 Å². The number of hydrogen-bond donors (Lipinski definition) is 1. The quantitative estimate of drug-likeness (QED) is 0.745. The van der Waals surface area contributed by atoms with Gasteiger partial charge in [-0.3, -0.25) is 0 Å². The molecule has 3 aromatic rings. The standard InChI is InChI=1S/C18H15NO2S/c1-3-12-9-15-10-13-7-5-6-8-14(13)11-17(15)18(16(12)4-2)22(19,20)21/h3-11H,1-2H2,(H2,19,20,21). The number of hydrogen-bond acceptors (Lipinski definition) is 2. The van der Waals surface area contributed by atoms with Gasteiger partial charge in [0.2, 0.25) is 10.0 Å². The molecular formula is C18H15NO2S. The Morgan fingerprint density at radius 3 is 2.09 bits per heavy atom. The first kappa shape index (κ1) is 14.5. The van der Waals surface area contributed by atoms with Gasteiger partial charge in [-0.15, -0.1) is 0 Å². The van der Waals surface area contributed by atoms with E-state index in [2.05, 4.69) is 13.2 Å². The van der Waals surface area contributed by atoms with Gasteiger partial charge in [0.05, 0.1) is 4.90 Å². The molecule has 0 atom stereocenters. The smallest absolute Gasteiger partial charge is 0.225 e. The first-order valence-corrected chi connectivity index (χ1v) is 8.27. The largest absolute Gasteiger partial charge is 0.239 e. The molecule has 0 aliphatic heterocycles. The Balaban J connectivity index is 2.62. The van der Waals surface area contributed by atoms with Crippen LogP contribution in [0.25, 0.3) is 33.7 Å². The lowest BCUT2D eigenvalue weighted by atomic mass is 9.97. The molecule has 0 bridgehead atoms. The van der Waals surface area contributed by atoms with Crippen LogP contribution in [0.3, 0.4) is 0 Å². The molecule has 0 saturated heterocycles. The molecule has 0 aliphatic rings. The van der Waals surface area contributed by atoms with E-state index in [4.69, 9.17) is 5.14 Å². The molecule has 0 aromatic heterocycles. The SMILES string of the molecule is C=Cc1cc2cc3ccccc3cc2c(S(N)(=O)=O)c1C=C. The van der Waals surface area contributed by atoms with E-state index in [0.717, 1.165) is 16.2 Å². The summed E-state index contributed by atoms with van der Waals surface area (Å²) in [7, 11) is -3.89. The van der Waals surface area contributed by atoms with E-state index < -0.39 is 10.0 Å². The third kappa shape index (κ3) is 2.22. The molecule has 110 valence electrons. The zero-order valence-corrected chi connectivity index (χ0v) is 12.7. The molecule has 0 unspecified atom stereocenters. The first-order chi connectivity index (χ1) is 10.5. The van der Waals surface area contributed by atoms with Gasteiger partial charge < -0.3 is 0 Å². The van der Waals surface area contributed by atoms with Crippen LogP contribution in [-0.4, -0.2) is 8.42 Å². The van der Waals surface area contributed by atoms with Gasteiger partial charge in [-0.25, -0.2) is 13.6 Å². The van der Waals surface area contributed by atoms with Gasteiger partial charge in [-0.05, 0) is 39.9 Å². The van der Waals surface area contributed by atoms with Crippen LogP contribution in [-0.2, 0) is 10.0 Å². The van der Waals surface area contributed by atoms with Crippen molar-refractivity contribution in [3.05, 3.63) is 66.7 Å². The highest BCUT2D eigenvalue weighted by atomic mass is 32.2. The van der Waals surface area contributed by atoms with Gasteiger partial charge in [0.15, 0.2) is 0 Å². The fourth-order valence-corrected chi connectivity index (χ4v) is 3.77. The Labute approximate surface area is 129 Å². The second kappa shape index (κ2) is 5.09. The molecule has 0 aliphatic carbocycles. The Hall–Kier alpha value is -2.43. The molecule has 0 heterocycles. The van der Waals surface area contributed by atoms with Gasteiger partial charge in [0.1, 0.15) is 0 Å². The maximum Gasteiger partial charge on any atom is 0.239 e. The number of fused-ring (bicyclic) bond motifs is 2. The van der Waals surface area contributed by atoms with E-state index in [1.165, 1.54) is 6.08 Å². The van der Waals surface area contributed by atoms with Crippen molar-refractivity contribution in [1.29, 1.82) is 0 Å². The molecule has 0 radical (unpaired) electrons. The summed E-state index contributed by atoms with van der Waals surface area (Å²) in [5, 5.41) is 8.86. The zero-order valence-electron chi connectivity index (χ0n) is 11.9. The maximum absolute atomic E-state index is 12.1. The Kier molecular flexibility index (Phi) is 3.35. The Morgan fingerprint density at radius 1 is 0.909 bits per heavy atom. The summed E-state index contributed by atoms with van der Waals surface area (Å²) in [6, 6.07) is 13.5. The van der Waals surface area contributed by atoms with Crippen LogP contribution < -0.4 is 5.14 Å². The second-order valence-electron chi connectivity index (χ2n) is 5.08. The summed E-state index contributed by atoms with van der Waals surface area (Å²) in [4.78, 5) is 0.0978. The lowest BCUT2D eigenvalue weighted by Gasteiger charge is -2.13. The fourth-order valence-electron chi connectivity index (χ4n) is 2.78. The van der Waals surface area contributed by atoms with Crippen LogP contribution in [0.5, 0.6) is 0 Å².